The highest BCUT2D eigenvalue weighted by Crippen LogP contribution is 2.39. The molecule has 0 aliphatic heterocycles. The average Bonchev–Trinajstić information content (AvgIpc) is 3.39. The number of methoxy groups -OCH3 is 1. The summed E-state index contributed by atoms with van der Waals surface area (Å²) in [6.45, 7) is 3.44. The predicted molar refractivity (Wildman–Crippen MR) is 91.5 cm³/mol. The number of ether oxygens (including phenoxy) is 1. The molecule has 7 nitrogen and oxygen atoms in total. The fourth-order valence-corrected chi connectivity index (χ4v) is 2.60. The minimum absolute atomic E-state index is 0.0642. The molecule has 1 aromatic carbocycles. The first kappa shape index (κ1) is 17.1. The van der Waals surface area contributed by atoms with Crippen molar-refractivity contribution in [2.75, 3.05) is 7.11 Å². The fourth-order valence-electron chi connectivity index (χ4n) is 2.60. The van der Waals surface area contributed by atoms with E-state index in [4.69, 9.17) is 4.74 Å². The predicted octanol–water partition coefficient (Wildman–Crippen LogP) is 2.22. The molecule has 0 unspecified atom stereocenters. The van der Waals surface area contributed by atoms with Gasteiger partial charge in [-0.15, -0.1) is 5.10 Å². The van der Waals surface area contributed by atoms with Gasteiger partial charge in [0.1, 0.15) is 11.4 Å². The van der Waals surface area contributed by atoms with Crippen LogP contribution in [0.2, 0.25) is 0 Å². The Morgan fingerprint density at radius 3 is 2.56 bits per heavy atom. The molecule has 1 aliphatic rings. The van der Waals surface area contributed by atoms with Gasteiger partial charge in [-0.3, -0.25) is 4.79 Å². The van der Waals surface area contributed by atoms with Crippen molar-refractivity contribution in [2.45, 2.75) is 44.6 Å². The summed E-state index contributed by atoms with van der Waals surface area (Å²) >= 11 is 0. The Morgan fingerprint density at radius 2 is 2.00 bits per heavy atom. The maximum Gasteiger partial charge on any atom is 0.331 e. The van der Waals surface area contributed by atoms with E-state index in [1.807, 2.05) is 37.3 Å². The van der Waals surface area contributed by atoms with Crippen molar-refractivity contribution in [3.8, 4) is 5.69 Å². The first-order valence-electron chi connectivity index (χ1n) is 8.42. The largest absolute Gasteiger partial charge is 0.467 e. The number of nitrogens with one attached hydrogen (secondary N) is 1. The van der Waals surface area contributed by atoms with Crippen molar-refractivity contribution in [2.24, 2.45) is 0 Å². The van der Waals surface area contributed by atoms with Crippen molar-refractivity contribution in [1.82, 2.24) is 20.1 Å². The number of carbonyl (C=O) groups is 2. The molecule has 1 amide bonds. The second kappa shape index (κ2) is 6.66. The van der Waals surface area contributed by atoms with Crippen LogP contribution in [0.3, 0.4) is 0 Å². The van der Waals surface area contributed by atoms with Gasteiger partial charge in [-0.2, -0.15) is 0 Å². The fraction of sp³-hybridized carbons (Fsp3) is 0.444. The summed E-state index contributed by atoms with van der Waals surface area (Å²) in [7, 11) is 1.30. The zero-order chi connectivity index (χ0) is 18.0. The van der Waals surface area contributed by atoms with Crippen LogP contribution in [0.1, 0.15) is 55.5 Å². The standard InChI is InChI=1S/C18H22N4O3/c1-4-18(2,17(24)25-3)20-16(23)14-19-15(12-10-11-12)22(21-14)13-8-6-5-7-9-13/h5-9,12H,4,10-11H2,1-3H3,(H,20,23)/t18-/m0/s1. The number of esters is 1. The molecule has 25 heavy (non-hydrogen) atoms. The molecule has 0 spiro atoms. The van der Waals surface area contributed by atoms with E-state index in [0.717, 1.165) is 24.4 Å². The quantitative estimate of drug-likeness (QED) is 0.814. The lowest BCUT2D eigenvalue weighted by atomic mass is 9.99. The van der Waals surface area contributed by atoms with Gasteiger partial charge in [0.2, 0.25) is 5.82 Å². The number of aromatic nitrogens is 3. The van der Waals surface area contributed by atoms with E-state index >= 15 is 0 Å². The third-order valence-corrected chi connectivity index (χ3v) is 4.51. The normalized spacial score (nSPS) is 16.1. The molecular weight excluding hydrogens is 320 g/mol. The van der Waals surface area contributed by atoms with Crippen molar-refractivity contribution in [3.05, 3.63) is 42.0 Å². The van der Waals surface area contributed by atoms with Crippen LogP contribution in [0.15, 0.2) is 30.3 Å². The third-order valence-electron chi connectivity index (χ3n) is 4.51. The molecule has 1 fully saturated rings. The van der Waals surface area contributed by atoms with E-state index in [0.29, 0.717) is 12.3 Å². The molecule has 1 aliphatic carbocycles. The lowest BCUT2D eigenvalue weighted by molar-refractivity contribution is -0.147. The zero-order valence-electron chi connectivity index (χ0n) is 14.7. The molecule has 132 valence electrons. The molecule has 7 heteroatoms. The average molecular weight is 342 g/mol. The van der Waals surface area contributed by atoms with Crippen molar-refractivity contribution >= 4 is 11.9 Å². The van der Waals surface area contributed by atoms with Crippen molar-refractivity contribution in [3.63, 3.8) is 0 Å². The van der Waals surface area contributed by atoms with Crippen LogP contribution >= 0.6 is 0 Å². The molecule has 2 aromatic rings. The van der Waals surface area contributed by atoms with E-state index in [1.165, 1.54) is 7.11 Å². The van der Waals surface area contributed by atoms with E-state index in [2.05, 4.69) is 15.4 Å². The first-order chi connectivity index (χ1) is 12.0. The van der Waals surface area contributed by atoms with Gasteiger partial charge in [0.15, 0.2) is 0 Å². The Kier molecular flexibility index (Phi) is 4.57. The molecule has 1 aromatic heterocycles. The van der Waals surface area contributed by atoms with Crippen LogP contribution in [-0.4, -0.2) is 39.3 Å². The van der Waals surface area contributed by atoms with E-state index in [-0.39, 0.29) is 5.82 Å². The molecule has 0 bridgehead atoms. The van der Waals surface area contributed by atoms with Crippen LogP contribution in [0.5, 0.6) is 0 Å². The van der Waals surface area contributed by atoms with E-state index in [1.54, 1.807) is 11.6 Å². The molecule has 1 N–H and O–H groups in total. The van der Waals surface area contributed by atoms with Crippen molar-refractivity contribution < 1.29 is 14.3 Å². The van der Waals surface area contributed by atoms with Gasteiger partial charge in [-0.05, 0) is 38.3 Å². The van der Waals surface area contributed by atoms with Gasteiger partial charge >= 0.3 is 5.97 Å². The van der Waals surface area contributed by atoms with Crippen LogP contribution in [0.4, 0.5) is 0 Å². The number of carbonyl (C=O) groups excluding carboxylic acids is 2. The first-order valence-corrected chi connectivity index (χ1v) is 8.42. The number of rotatable bonds is 6. The summed E-state index contributed by atoms with van der Waals surface area (Å²) in [5.74, 6) is 0.203. The monoisotopic (exact) mass is 342 g/mol. The Hall–Kier alpha value is -2.70. The van der Waals surface area contributed by atoms with Gasteiger partial charge in [-0.1, -0.05) is 25.1 Å². The van der Waals surface area contributed by atoms with Gasteiger partial charge in [-0.25, -0.2) is 14.5 Å². The maximum atomic E-state index is 12.6. The van der Waals surface area contributed by atoms with Crippen LogP contribution in [-0.2, 0) is 9.53 Å². The summed E-state index contributed by atoms with van der Waals surface area (Å²) in [5, 5.41) is 7.10. The number of nitrogens with zero attached hydrogens (tertiary/aromatic N) is 3. The number of benzene rings is 1. The molecule has 0 radical (unpaired) electrons. The van der Waals surface area contributed by atoms with Gasteiger partial charge < -0.3 is 10.1 Å². The van der Waals surface area contributed by atoms with Crippen molar-refractivity contribution in [1.29, 1.82) is 0 Å². The second-order valence-corrected chi connectivity index (χ2v) is 6.45. The van der Waals surface area contributed by atoms with E-state index < -0.39 is 17.4 Å². The smallest absolute Gasteiger partial charge is 0.331 e. The number of amides is 1. The minimum Gasteiger partial charge on any atom is -0.467 e. The van der Waals surface area contributed by atoms with Crippen LogP contribution in [0.25, 0.3) is 5.69 Å². The third kappa shape index (κ3) is 3.40. The molecule has 1 heterocycles. The van der Waals surface area contributed by atoms with E-state index in [9.17, 15) is 9.59 Å². The summed E-state index contributed by atoms with van der Waals surface area (Å²) in [4.78, 5) is 29.0. The Balaban J connectivity index is 1.90. The second-order valence-electron chi connectivity index (χ2n) is 6.45. The summed E-state index contributed by atoms with van der Waals surface area (Å²) in [6, 6.07) is 9.60. The molecular formula is C18H22N4O3. The van der Waals surface area contributed by atoms with Gasteiger partial charge in [0.05, 0.1) is 12.8 Å². The minimum atomic E-state index is -1.11. The topological polar surface area (TPSA) is 86.1 Å². The Labute approximate surface area is 146 Å². The highest BCUT2D eigenvalue weighted by atomic mass is 16.5. The summed E-state index contributed by atoms with van der Waals surface area (Å²) in [5.41, 5.74) is -0.244. The Morgan fingerprint density at radius 1 is 1.32 bits per heavy atom. The number of hydrogen-bond acceptors (Lipinski definition) is 5. The lowest BCUT2D eigenvalue weighted by Crippen LogP contribution is -2.52. The van der Waals surface area contributed by atoms with Crippen LogP contribution in [0, 0.1) is 0 Å². The van der Waals surface area contributed by atoms with Crippen LogP contribution < -0.4 is 5.32 Å². The molecule has 0 saturated heterocycles. The summed E-state index contributed by atoms with van der Waals surface area (Å²) < 4.78 is 6.51. The molecule has 1 atom stereocenters. The van der Waals surface area contributed by atoms with Gasteiger partial charge in [0, 0.05) is 5.92 Å². The lowest BCUT2D eigenvalue weighted by Gasteiger charge is -2.25. The number of para-hydroxylation sites is 1. The van der Waals surface area contributed by atoms with Gasteiger partial charge in [0.25, 0.3) is 5.91 Å². The maximum absolute atomic E-state index is 12.6. The summed E-state index contributed by atoms with van der Waals surface area (Å²) in [6.07, 6.45) is 2.49. The highest BCUT2D eigenvalue weighted by Gasteiger charge is 2.37. The zero-order valence-corrected chi connectivity index (χ0v) is 14.7. The number of hydrogen-bond donors (Lipinski definition) is 1. The molecule has 1 saturated carbocycles. The SMILES string of the molecule is CC[C@](C)(NC(=O)c1nc(C2CC2)n(-c2ccccc2)n1)C(=O)OC. The highest BCUT2D eigenvalue weighted by molar-refractivity contribution is 5.95. The Bertz CT molecular complexity index is 783. The molecule has 3 rings (SSSR count).